The van der Waals surface area contributed by atoms with E-state index in [0.717, 1.165) is 12.0 Å². The first-order chi connectivity index (χ1) is 27.5. The molecule has 5 N–H and O–H groups in total. The summed E-state index contributed by atoms with van der Waals surface area (Å²) < 4.78 is 19.4. The summed E-state index contributed by atoms with van der Waals surface area (Å²) in [6.07, 6.45) is 14.1. The van der Waals surface area contributed by atoms with Gasteiger partial charge >= 0.3 is 11.9 Å². The molecular formula is C45H57ClN2O10. The number of allylic oxidation sites excluding steroid dienone is 5. The molecule has 12 nitrogen and oxygen atoms in total. The van der Waals surface area contributed by atoms with Gasteiger partial charge in [-0.3, -0.25) is 9.59 Å². The van der Waals surface area contributed by atoms with Gasteiger partial charge in [-0.2, -0.15) is 0 Å². The molecular weight excluding hydrogens is 764 g/mol. The second kappa shape index (κ2) is 15.9. The van der Waals surface area contributed by atoms with Crippen molar-refractivity contribution in [2.45, 2.75) is 129 Å². The predicted octanol–water partition coefficient (Wildman–Crippen LogP) is 7.31. The molecule has 1 saturated carbocycles. The van der Waals surface area contributed by atoms with Crippen molar-refractivity contribution in [2.75, 3.05) is 0 Å². The molecule has 3 fully saturated rings. The van der Waals surface area contributed by atoms with E-state index < -0.39 is 76.6 Å². The van der Waals surface area contributed by atoms with Crippen LogP contribution in [0.25, 0.3) is 0 Å². The number of fused-ring (bicyclic) bond motifs is 4. The summed E-state index contributed by atoms with van der Waals surface area (Å²) in [4.78, 5) is 57.7. The lowest BCUT2D eigenvalue weighted by Crippen LogP contribution is -2.58. The van der Waals surface area contributed by atoms with Crippen molar-refractivity contribution in [3.63, 3.8) is 0 Å². The first-order valence-electron chi connectivity index (χ1n) is 20.8. The highest BCUT2D eigenvalue weighted by atomic mass is 35.5. The number of halogens is 1. The number of hydrogen-bond acceptors (Lipinski definition) is 9. The molecule has 0 radical (unpaired) electrons. The smallest absolute Gasteiger partial charge is 0.346 e. The van der Waals surface area contributed by atoms with Gasteiger partial charge in [-0.25, -0.2) is 9.59 Å². The monoisotopic (exact) mass is 820 g/mol. The Balaban J connectivity index is 1.24. The lowest BCUT2D eigenvalue weighted by Gasteiger charge is -2.55. The first kappa shape index (κ1) is 42.2. The minimum atomic E-state index is -1.74. The van der Waals surface area contributed by atoms with Crippen LogP contribution in [-0.2, 0) is 28.6 Å². The van der Waals surface area contributed by atoms with Gasteiger partial charge in [0.2, 0.25) is 5.78 Å². The standard InChI is InChI=1S/C45H57ClN2O10/c1-7-26-21-45-39(51)34(42(55)58-45)38(50)44(8-2)27(12-10-9-11-23(3)20-43(45,6)22-29(26)41(53)54)14-15-28-30(44)16-13-24(4)37(28)57-33-19-32(49)35(25(5)56-33)48-40(52)36-31(46)17-18-47-36/h9-10,14-15,17-18,20,22,24-28,30,32-33,35,37,47,49-50H,7-8,11-13,16,19,21H2,1-6H3,(H,48,52)(H,53,54)/b10-9+,23-20+,38-34?. The van der Waals surface area contributed by atoms with Gasteiger partial charge in [0.25, 0.3) is 5.91 Å². The largest absolute Gasteiger partial charge is 0.511 e. The highest BCUT2D eigenvalue weighted by molar-refractivity contribution is 6.33. The van der Waals surface area contributed by atoms with Crippen LogP contribution in [0.5, 0.6) is 0 Å². The number of esters is 1. The minimum Gasteiger partial charge on any atom is -0.511 e. The van der Waals surface area contributed by atoms with E-state index in [2.05, 4.69) is 41.5 Å². The Bertz CT molecular complexity index is 1990. The van der Waals surface area contributed by atoms with Gasteiger partial charge < -0.3 is 39.8 Å². The van der Waals surface area contributed by atoms with Crippen molar-refractivity contribution in [3.05, 3.63) is 81.9 Å². The Morgan fingerprint density at radius 3 is 2.53 bits per heavy atom. The molecule has 1 amide bonds. The number of aliphatic hydroxyl groups is 2. The number of nitrogens with one attached hydrogen (secondary N) is 2. The van der Waals surface area contributed by atoms with Crippen LogP contribution in [0, 0.1) is 40.4 Å². The fourth-order valence-electron chi connectivity index (χ4n) is 11.3. The number of aliphatic carboxylic acids is 1. The maximum atomic E-state index is 15.1. The van der Waals surface area contributed by atoms with Crippen LogP contribution >= 0.6 is 11.6 Å². The molecule has 2 bridgehead atoms. The van der Waals surface area contributed by atoms with E-state index >= 15 is 4.79 Å². The highest BCUT2D eigenvalue weighted by Gasteiger charge is 2.67. The number of aromatic amines is 1. The van der Waals surface area contributed by atoms with Crippen LogP contribution in [0.3, 0.4) is 0 Å². The quantitative estimate of drug-likeness (QED) is 0.106. The number of hydrogen-bond donors (Lipinski definition) is 5. The van der Waals surface area contributed by atoms with Gasteiger partial charge in [-0.1, -0.05) is 74.4 Å². The summed E-state index contributed by atoms with van der Waals surface area (Å²) >= 11 is 6.15. The molecule has 58 heavy (non-hydrogen) atoms. The molecule has 0 aromatic carbocycles. The summed E-state index contributed by atoms with van der Waals surface area (Å²) in [5, 5.41) is 37.5. The number of aromatic nitrogens is 1. The summed E-state index contributed by atoms with van der Waals surface area (Å²) in [5.41, 5.74) is -3.16. The Labute approximate surface area is 344 Å². The molecule has 314 valence electrons. The molecule has 2 saturated heterocycles. The molecule has 13 unspecified atom stereocenters. The third-order valence-corrected chi connectivity index (χ3v) is 14.7. The zero-order valence-corrected chi connectivity index (χ0v) is 34.9. The Morgan fingerprint density at radius 1 is 1.12 bits per heavy atom. The average Bonchev–Trinajstić information content (AvgIpc) is 3.72. The molecule has 1 aromatic heterocycles. The molecule has 7 rings (SSSR count). The second-order valence-electron chi connectivity index (χ2n) is 17.7. The third-order valence-electron chi connectivity index (χ3n) is 14.4. The summed E-state index contributed by atoms with van der Waals surface area (Å²) in [5.74, 6) is -4.56. The molecule has 6 aliphatic rings. The van der Waals surface area contributed by atoms with E-state index in [1.165, 1.54) is 0 Å². The predicted molar refractivity (Wildman–Crippen MR) is 215 cm³/mol. The van der Waals surface area contributed by atoms with Gasteiger partial charge in [0, 0.05) is 35.9 Å². The number of H-pyrrole nitrogens is 1. The van der Waals surface area contributed by atoms with Gasteiger partial charge in [-0.05, 0) is 89.0 Å². The van der Waals surface area contributed by atoms with E-state index in [-0.39, 0.29) is 64.1 Å². The summed E-state index contributed by atoms with van der Waals surface area (Å²) in [7, 11) is 0. The molecule has 3 heterocycles. The van der Waals surface area contributed by atoms with Crippen molar-refractivity contribution >= 4 is 35.2 Å². The maximum Gasteiger partial charge on any atom is 0.346 e. The van der Waals surface area contributed by atoms with E-state index in [1.54, 1.807) is 32.2 Å². The zero-order valence-electron chi connectivity index (χ0n) is 34.1. The molecule has 13 atom stereocenters. The summed E-state index contributed by atoms with van der Waals surface area (Å²) in [6, 6.07) is 0.863. The van der Waals surface area contributed by atoms with Crippen LogP contribution < -0.4 is 5.32 Å². The van der Waals surface area contributed by atoms with E-state index in [1.807, 2.05) is 26.8 Å². The van der Waals surface area contributed by atoms with Gasteiger partial charge in [0.15, 0.2) is 11.9 Å². The van der Waals surface area contributed by atoms with E-state index in [0.29, 0.717) is 32.1 Å². The normalized spacial score (nSPS) is 41.6. The SMILES string of the molecule is CCC1CC23OC(=O)C(=C(O)C4(CC)C(C=CC5C(OC6CC(O)C(NC(=O)c7[nH]ccc7Cl)C(C)O6)C(C)CCC54)C/C=C/C/C(C)=C/C2(C)C=C1C(=O)O)C3=O. The second-order valence-corrected chi connectivity index (χ2v) is 18.1. The number of carbonyl (C=O) groups excluding carboxylic acids is 3. The lowest BCUT2D eigenvalue weighted by molar-refractivity contribution is -0.258. The third kappa shape index (κ3) is 6.81. The Kier molecular flexibility index (Phi) is 11.6. The Hall–Kier alpha value is -3.97. The van der Waals surface area contributed by atoms with Gasteiger partial charge in [0.05, 0.1) is 34.8 Å². The summed E-state index contributed by atoms with van der Waals surface area (Å²) in [6.45, 7) is 11.4. The van der Waals surface area contributed by atoms with Crippen LogP contribution in [-0.4, -0.2) is 80.2 Å². The van der Waals surface area contributed by atoms with Crippen molar-refractivity contribution in [1.82, 2.24) is 10.3 Å². The number of carboxylic acid groups (broad SMARTS) is 1. The fourth-order valence-corrected chi connectivity index (χ4v) is 11.5. The van der Waals surface area contributed by atoms with Crippen LogP contribution in [0.2, 0.25) is 5.02 Å². The van der Waals surface area contributed by atoms with Gasteiger partial charge in [0.1, 0.15) is 17.0 Å². The maximum absolute atomic E-state index is 15.1. The minimum absolute atomic E-state index is 0.0169. The molecule has 1 aromatic rings. The number of rotatable bonds is 7. The number of amides is 1. The van der Waals surface area contributed by atoms with E-state index in [4.69, 9.17) is 25.8 Å². The number of aliphatic hydroxyl groups excluding tert-OH is 2. The topological polar surface area (TPSA) is 184 Å². The van der Waals surface area contributed by atoms with Crippen LogP contribution in [0.15, 0.2) is 71.2 Å². The average molecular weight is 821 g/mol. The number of carbonyl (C=O) groups is 4. The molecule has 13 heteroatoms. The highest BCUT2D eigenvalue weighted by Crippen LogP contribution is 2.61. The molecule has 2 aliphatic heterocycles. The number of ether oxygens (including phenoxy) is 3. The first-order valence-corrected chi connectivity index (χ1v) is 21.2. The van der Waals surface area contributed by atoms with Crippen molar-refractivity contribution < 1.29 is 48.7 Å². The zero-order chi connectivity index (χ0) is 41.9. The van der Waals surface area contributed by atoms with Gasteiger partial charge in [-0.15, -0.1) is 0 Å². The van der Waals surface area contributed by atoms with Crippen LogP contribution in [0.1, 0.15) is 103 Å². The number of ketones is 1. The van der Waals surface area contributed by atoms with Crippen molar-refractivity contribution in [1.29, 1.82) is 0 Å². The van der Waals surface area contributed by atoms with Crippen molar-refractivity contribution in [3.8, 4) is 0 Å². The van der Waals surface area contributed by atoms with Crippen LogP contribution in [0.4, 0.5) is 0 Å². The molecule has 4 aliphatic carbocycles. The lowest BCUT2D eigenvalue weighted by atomic mass is 9.51. The van der Waals surface area contributed by atoms with E-state index in [9.17, 15) is 29.7 Å². The fraction of sp³-hybridized carbons (Fsp3) is 0.600. The Morgan fingerprint density at radius 2 is 1.88 bits per heavy atom. The number of Topliss-reactive ketones (excluding diaryl/α,β-unsaturated/α-hetero) is 1. The number of carboxylic acids is 1. The van der Waals surface area contributed by atoms with Crippen molar-refractivity contribution in [2.24, 2.45) is 40.4 Å². The molecule has 1 spiro atoms.